The summed E-state index contributed by atoms with van der Waals surface area (Å²) in [6.07, 6.45) is 0. The standard InChI is InChI=1S/C24H20ClNO5S/c1-30-16-9-10-18(19(12-16)31-2)22(27)20-21(14-5-7-15(25)8-6-14)26(24(29)23(20)28)13-17-4-3-11-32-17/h3-12,21,27H,13H2,1-2H3/b22-20-. The van der Waals surface area contributed by atoms with Gasteiger partial charge < -0.3 is 19.5 Å². The van der Waals surface area contributed by atoms with E-state index in [9.17, 15) is 14.7 Å². The number of benzene rings is 2. The molecule has 164 valence electrons. The highest BCUT2D eigenvalue weighted by Crippen LogP contribution is 2.42. The maximum absolute atomic E-state index is 13.1. The first kappa shape index (κ1) is 21.9. The Balaban J connectivity index is 1.89. The third-order valence-corrected chi connectivity index (χ3v) is 6.41. The lowest BCUT2D eigenvalue weighted by molar-refractivity contribution is -0.140. The molecule has 1 unspecified atom stereocenters. The highest BCUT2D eigenvalue weighted by Gasteiger charge is 2.46. The number of rotatable bonds is 6. The molecule has 2 heterocycles. The predicted octanol–water partition coefficient (Wildman–Crippen LogP) is 5.04. The van der Waals surface area contributed by atoms with Crippen molar-refractivity contribution in [1.82, 2.24) is 4.90 Å². The summed E-state index contributed by atoms with van der Waals surface area (Å²) in [6, 6.07) is 14.7. The maximum Gasteiger partial charge on any atom is 0.295 e. The molecule has 1 amide bonds. The van der Waals surface area contributed by atoms with Crippen molar-refractivity contribution in [1.29, 1.82) is 0 Å². The highest BCUT2D eigenvalue weighted by atomic mass is 35.5. The van der Waals surface area contributed by atoms with Crippen molar-refractivity contribution in [3.05, 3.63) is 86.6 Å². The molecule has 1 aliphatic rings. The van der Waals surface area contributed by atoms with Crippen molar-refractivity contribution in [2.24, 2.45) is 0 Å². The van der Waals surface area contributed by atoms with Crippen LogP contribution in [0.1, 0.15) is 22.0 Å². The van der Waals surface area contributed by atoms with Gasteiger partial charge in [0, 0.05) is 16.0 Å². The number of likely N-dealkylation sites (tertiary alicyclic amines) is 1. The number of hydrogen-bond donors (Lipinski definition) is 1. The fourth-order valence-electron chi connectivity index (χ4n) is 3.74. The van der Waals surface area contributed by atoms with E-state index >= 15 is 0 Å². The van der Waals surface area contributed by atoms with Crippen LogP contribution >= 0.6 is 22.9 Å². The summed E-state index contributed by atoms with van der Waals surface area (Å²) in [4.78, 5) is 28.6. The number of hydrogen-bond acceptors (Lipinski definition) is 6. The molecule has 4 rings (SSSR count). The second kappa shape index (κ2) is 9.06. The van der Waals surface area contributed by atoms with Crippen LogP contribution in [0.25, 0.3) is 5.76 Å². The predicted molar refractivity (Wildman–Crippen MR) is 123 cm³/mol. The van der Waals surface area contributed by atoms with Gasteiger partial charge in [0.15, 0.2) is 0 Å². The molecule has 8 heteroatoms. The van der Waals surface area contributed by atoms with Gasteiger partial charge in [0.25, 0.3) is 11.7 Å². The number of aliphatic hydroxyl groups is 1. The normalized spacial score (nSPS) is 17.6. The average molecular weight is 470 g/mol. The van der Waals surface area contributed by atoms with Crippen LogP contribution in [0.4, 0.5) is 0 Å². The Bertz CT molecular complexity index is 1190. The summed E-state index contributed by atoms with van der Waals surface area (Å²) in [6.45, 7) is 0.242. The number of amides is 1. The number of Topliss-reactive ketones (excluding diaryl/α,β-unsaturated/α-hetero) is 1. The smallest absolute Gasteiger partial charge is 0.295 e. The number of carbonyl (C=O) groups excluding carboxylic acids is 2. The van der Waals surface area contributed by atoms with Crippen molar-refractivity contribution >= 4 is 40.4 Å². The average Bonchev–Trinajstić information content (AvgIpc) is 3.41. The monoisotopic (exact) mass is 469 g/mol. The molecule has 6 nitrogen and oxygen atoms in total. The Morgan fingerprint density at radius 3 is 2.47 bits per heavy atom. The van der Waals surface area contributed by atoms with Gasteiger partial charge in [-0.25, -0.2) is 0 Å². The van der Waals surface area contributed by atoms with Gasteiger partial charge in [0.2, 0.25) is 0 Å². The molecule has 1 atom stereocenters. The number of aliphatic hydroxyl groups excluding tert-OH is 1. The van der Waals surface area contributed by atoms with E-state index in [2.05, 4.69) is 0 Å². The molecule has 0 bridgehead atoms. The van der Waals surface area contributed by atoms with Crippen molar-refractivity contribution in [3.63, 3.8) is 0 Å². The number of halogens is 1. The second-order valence-electron chi connectivity index (χ2n) is 7.12. The van der Waals surface area contributed by atoms with Crippen LogP contribution in [-0.4, -0.2) is 35.9 Å². The first-order chi connectivity index (χ1) is 15.4. The highest BCUT2D eigenvalue weighted by molar-refractivity contribution is 7.09. The molecular weight excluding hydrogens is 450 g/mol. The van der Waals surface area contributed by atoms with Crippen LogP contribution in [0, 0.1) is 0 Å². The van der Waals surface area contributed by atoms with Gasteiger partial charge in [-0.3, -0.25) is 9.59 Å². The van der Waals surface area contributed by atoms with E-state index in [0.717, 1.165) is 4.88 Å². The molecular formula is C24H20ClNO5S. The zero-order valence-electron chi connectivity index (χ0n) is 17.4. The summed E-state index contributed by atoms with van der Waals surface area (Å²) in [5.41, 5.74) is 0.956. The summed E-state index contributed by atoms with van der Waals surface area (Å²) in [5, 5.41) is 13.7. The fourth-order valence-corrected chi connectivity index (χ4v) is 4.57. The lowest BCUT2D eigenvalue weighted by atomic mass is 9.95. The Kier molecular flexibility index (Phi) is 6.21. The van der Waals surface area contributed by atoms with E-state index in [1.807, 2.05) is 17.5 Å². The second-order valence-corrected chi connectivity index (χ2v) is 8.59. The Labute approximate surface area is 194 Å². The van der Waals surface area contributed by atoms with Gasteiger partial charge in [-0.05, 0) is 41.3 Å². The van der Waals surface area contributed by atoms with Crippen LogP contribution in [-0.2, 0) is 16.1 Å². The van der Waals surface area contributed by atoms with E-state index < -0.39 is 17.7 Å². The number of ether oxygens (including phenoxy) is 2. The SMILES string of the molecule is COc1ccc(/C(O)=C2/C(=O)C(=O)N(Cc3cccs3)C2c2ccc(Cl)cc2)c(OC)c1. The molecule has 1 aromatic heterocycles. The Morgan fingerprint density at radius 2 is 1.84 bits per heavy atom. The topological polar surface area (TPSA) is 76.1 Å². The van der Waals surface area contributed by atoms with Crippen molar-refractivity contribution < 1.29 is 24.2 Å². The Hall–Kier alpha value is -3.29. The van der Waals surface area contributed by atoms with Crippen molar-refractivity contribution in [2.75, 3.05) is 14.2 Å². The van der Waals surface area contributed by atoms with Gasteiger partial charge >= 0.3 is 0 Å². The van der Waals surface area contributed by atoms with Gasteiger partial charge in [-0.15, -0.1) is 11.3 Å². The third kappa shape index (κ3) is 3.97. The first-order valence-electron chi connectivity index (χ1n) is 9.73. The largest absolute Gasteiger partial charge is 0.507 e. The van der Waals surface area contributed by atoms with Crippen molar-refractivity contribution in [2.45, 2.75) is 12.6 Å². The van der Waals surface area contributed by atoms with E-state index in [1.165, 1.54) is 30.5 Å². The zero-order chi connectivity index (χ0) is 22.8. The minimum Gasteiger partial charge on any atom is -0.507 e. The summed E-state index contributed by atoms with van der Waals surface area (Å²) >= 11 is 7.54. The number of thiophene rings is 1. The summed E-state index contributed by atoms with van der Waals surface area (Å²) in [5.74, 6) is -0.882. The van der Waals surface area contributed by atoms with Gasteiger partial charge in [0.05, 0.1) is 37.9 Å². The molecule has 0 spiro atoms. The fraction of sp³-hybridized carbons (Fsp3) is 0.167. The number of methoxy groups -OCH3 is 2. The Morgan fingerprint density at radius 1 is 1.09 bits per heavy atom. The van der Waals surface area contributed by atoms with E-state index in [1.54, 1.807) is 42.5 Å². The van der Waals surface area contributed by atoms with Crippen molar-refractivity contribution in [3.8, 4) is 11.5 Å². The molecule has 0 radical (unpaired) electrons. The quantitative estimate of drug-likeness (QED) is 0.311. The van der Waals surface area contributed by atoms with Crippen LogP contribution in [0.15, 0.2) is 65.6 Å². The van der Waals surface area contributed by atoms with Gasteiger partial charge in [-0.1, -0.05) is 29.8 Å². The number of carbonyl (C=O) groups is 2. The number of nitrogens with zero attached hydrogens (tertiary/aromatic N) is 1. The minimum absolute atomic E-state index is 0.00246. The molecule has 32 heavy (non-hydrogen) atoms. The molecule has 1 saturated heterocycles. The van der Waals surface area contributed by atoms with Gasteiger partial charge in [0.1, 0.15) is 17.3 Å². The zero-order valence-corrected chi connectivity index (χ0v) is 18.9. The van der Waals surface area contributed by atoms with E-state index in [-0.39, 0.29) is 17.9 Å². The molecule has 1 N–H and O–H groups in total. The first-order valence-corrected chi connectivity index (χ1v) is 11.0. The molecule has 1 aliphatic heterocycles. The van der Waals surface area contributed by atoms with E-state index in [0.29, 0.717) is 27.6 Å². The molecule has 3 aromatic rings. The molecule has 1 fully saturated rings. The van der Waals surface area contributed by atoms with Crippen LogP contribution in [0.3, 0.4) is 0 Å². The molecule has 0 aliphatic carbocycles. The van der Waals surface area contributed by atoms with Crippen LogP contribution < -0.4 is 9.47 Å². The van der Waals surface area contributed by atoms with Gasteiger partial charge in [-0.2, -0.15) is 0 Å². The third-order valence-electron chi connectivity index (χ3n) is 5.30. The van der Waals surface area contributed by atoms with Crippen LogP contribution in [0.2, 0.25) is 5.02 Å². The lowest BCUT2D eigenvalue weighted by Crippen LogP contribution is -2.28. The maximum atomic E-state index is 13.1. The lowest BCUT2D eigenvalue weighted by Gasteiger charge is -2.25. The summed E-state index contributed by atoms with van der Waals surface area (Å²) in [7, 11) is 2.97. The van der Waals surface area contributed by atoms with Crippen LogP contribution in [0.5, 0.6) is 11.5 Å². The number of ketones is 1. The van der Waals surface area contributed by atoms with E-state index in [4.69, 9.17) is 21.1 Å². The minimum atomic E-state index is -0.777. The molecule has 2 aromatic carbocycles. The molecule has 0 saturated carbocycles. The summed E-state index contributed by atoms with van der Waals surface area (Å²) < 4.78 is 10.6.